The summed E-state index contributed by atoms with van der Waals surface area (Å²) in [5.74, 6) is -1.22. The molecule has 19 heavy (non-hydrogen) atoms. The van der Waals surface area contributed by atoms with Gasteiger partial charge in [0.25, 0.3) is 5.91 Å². The maximum absolute atomic E-state index is 13.7. The first-order valence-corrected chi connectivity index (χ1v) is 6.72. The highest BCUT2D eigenvalue weighted by molar-refractivity contribution is 7.80. The first kappa shape index (κ1) is 15.9. The number of benzene rings is 1. The third kappa shape index (κ3) is 3.42. The van der Waals surface area contributed by atoms with Crippen LogP contribution in [0.5, 0.6) is 0 Å². The van der Waals surface area contributed by atoms with Gasteiger partial charge in [-0.05, 0) is 31.0 Å². The molecule has 0 bridgehead atoms. The SMILES string of the molecule is CCC(CC)(NC(=O)c1ccc(Cl)cc1F)C(N)=S. The fraction of sp³-hybridized carbons (Fsp3) is 0.385. The topological polar surface area (TPSA) is 55.1 Å². The number of rotatable bonds is 5. The molecule has 0 aliphatic heterocycles. The zero-order valence-electron chi connectivity index (χ0n) is 10.8. The van der Waals surface area contributed by atoms with E-state index in [1.165, 1.54) is 12.1 Å². The van der Waals surface area contributed by atoms with Crippen molar-refractivity contribution in [3.63, 3.8) is 0 Å². The Hall–Kier alpha value is -1.20. The van der Waals surface area contributed by atoms with Crippen LogP contribution in [-0.2, 0) is 0 Å². The molecule has 1 amide bonds. The molecule has 3 N–H and O–H groups in total. The maximum atomic E-state index is 13.7. The van der Waals surface area contributed by atoms with Gasteiger partial charge in [-0.1, -0.05) is 37.7 Å². The standard InChI is InChI=1S/C13H16ClFN2OS/c1-3-13(4-2,12(16)19)17-11(18)9-6-5-8(14)7-10(9)15/h5-7H,3-4H2,1-2H3,(H2,16,19)(H,17,18). The number of thiocarbonyl (C=S) groups is 1. The highest BCUT2D eigenvalue weighted by Crippen LogP contribution is 2.19. The largest absolute Gasteiger partial charge is 0.391 e. The minimum atomic E-state index is -0.793. The van der Waals surface area contributed by atoms with Crippen molar-refractivity contribution >= 4 is 34.7 Å². The van der Waals surface area contributed by atoms with E-state index in [4.69, 9.17) is 29.6 Å². The fourth-order valence-electron chi connectivity index (χ4n) is 1.80. The van der Waals surface area contributed by atoms with Crippen LogP contribution in [0, 0.1) is 5.82 Å². The van der Waals surface area contributed by atoms with E-state index in [1.54, 1.807) is 0 Å². The quantitative estimate of drug-likeness (QED) is 0.822. The molecule has 0 heterocycles. The molecule has 0 spiro atoms. The first-order valence-electron chi connectivity index (χ1n) is 5.93. The molecule has 0 fully saturated rings. The van der Waals surface area contributed by atoms with Crippen LogP contribution in [0.25, 0.3) is 0 Å². The van der Waals surface area contributed by atoms with Crippen molar-refractivity contribution in [1.82, 2.24) is 5.32 Å². The van der Waals surface area contributed by atoms with Gasteiger partial charge < -0.3 is 11.1 Å². The molecule has 104 valence electrons. The van der Waals surface area contributed by atoms with Crippen LogP contribution in [-0.4, -0.2) is 16.4 Å². The molecule has 0 atom stereocenters. The monoisotopic (exact) mass is 302 g/mol. The van der Waals surface area contributed by atoms with Crippen molar-refractivity contribution in [3.8, 4) is 0 Å². The molecule has 1 rings (SSSR count). The number of halogens is 2. The number of nitrogens with two attached hydrogens (primary N) is 1. The molecule has 0 saturated carbocycles. The van der Waals surface area contributed by atoms with Gasteiger partial charge in [0.1, 0.15) is 5.82 Å². The smallest absolute Gasteiger partial charge is 0.255 e. The van der Waals surface area contributed by atoms with Crippen molar-refractivity contribution in [3.05, 3.63) is 34.6 Å². The maximum Gasteiger partial charge on any atom is 0.255 e. The molecule has 0 aromatic heterocycles. The van der Waals surface area contributed by atoms with Gasteiger partial charge in [-0.15, -0.1) is 0 Å². The summed E-state index contributed by atoms with van der Waals surface area (Å²) in [4.78, 5) is 12.3. The van der Waals surface area contributed by atoms with E-state index in [1.807, 2.05) is 13.8 Å². The minimum Gasteiger partial charge on any atom is -0.391 e. The summed E-state index contributed by atoms with van der Waals surface area (Å²) in [5, 5.41) is 2.95. The van der Waals surface area contributed by atoms with Gasteiger partial charge in [0, 0.05) is 5.02 Å². The lowest BCUT2D eigenvalue weighted by molar-refractivity contribution is 0.0915. The summed E-state index contributed by atoms with van der Waals surface area (Å²) in [6.07, 6.45) is 1.08. The summed E-state index contributed by atoms with van der Waals surface area (Å²) in [7, 11) is 0. The van der Waals surface area contributed by atoms with Gasteiger partial charge >= 0.3 is 0 Å². The van der Waals surface area contributed by atoms with Crippen LogP contribution >= 0.6 is 23.8 Å². The second kappa shape index (κ2) is 6.30. The van der Waals surface area contributed by atoms with Crippen LogP contribution in [0.4, 0.5) is 4.39 Å². The summed E-state index contributed by atoms with van der Waals surface area (Å²) >= 11 is 10.6. The average molecular weight is 303 g/mol. The van der Waals surface area contributed by atoms with Gasteiger partial charge in [-0.2, -0.15) is 0 Å². The van der Waals surface area contributed by atoms with Crippen LogP contribution in [0.2, 0.25) is 5.02 Å². The van der Waals surface area contributed by atoms with E-state index in [0.29, 0.717) is 12.8 Å². The molecule has 0 aliphatic rings. The summed E-state index contributed by atoms with van der Waals surface area (Å²) in [5.41, 5.74) is 4.81. The van der Waals surface area contributed by atoms with Gasteiger partial charge in [0.15, 0.2) is 0 Å². The Labute approximate surface area is 122 Å². The highest BCUT2D eigenvalue weighted by atomic mass is 35.5. The van der Waals surface area contributed by atoms with E-state index < -0.39 is 17.3 Å². The van der Waals surface area contributed by atoms with Crippen molar-refractivity contribution < 1.29 is 9.18 Å². The van der Waals surface area contributed by atoms with Gasteiger partial charge in [0.2, 0.25) is 0 Å². The Bertz CT molecular complexity index is 503. The average Bonchev–Trinajstić information content (AvgIpc) is 2.35. The minimum absolute atomic E-state index is 0.0769. The lowest BCUT2D eigenvalue weighted by atomic mass is 9.92. The predicted octanol–water partition coefficient (Wildman–Crippen LogP) is 3.05. The molecule has 0 unspecified atom stereocenters. The van der Waals surface area contributed by atoms with Crippen LogP contribution in [0.3, 0.4) is 0 Å². The molecular weight excluding hydrogens is 287 g/mol. The third-order valence-electron chi connectivity index (χ3n) is 3.21. The normalized spacial score (nSPS) is 11.2. The van der Waals surface area contributed by atoms with Crippen molar-refractivity contribution in [2.45, 2.75) is 32.2 Å². The number of amides is 1. The van der Waals surface area contributed by atoms with E-state index in [-0.39, 0.29) is 15.6 Å². The lowest BCUT2D eigenvalue weighted by Gasteiger charge is -2.31. The Morgan fingerprint density at radius 3 is 2.47 bits per heavy atom. The summed E-state index contributed by atoms with van der Waals surface area (Å²) < 4.78 is 13.7. The predicted molar refractivity (Wildman–Crippen MR) is 79.0 cm³/mol. The Kier molecular flexibility index (Phi) is 5.26. The van der Waals surface area contributed by atoms with Crippen LogP contribution in [0.15, 0.2) is 18.2 Å². The van der Waals surface area contributed by atoms with Gasteiger partial charge in [-0.3, -0.25) is 4.79 Å². The van der Waals surface area contributed by atoms with Gasteiger partial charge in [0.05, 0.1) is 16.1 Å². The van der Waals surface area contributed by atoms with Crippen molar-refractivity contribution in [1.29, 1.82) is 0 Å². The van der Waals surface area contributed by atoms with E-state index in [9.17, 15) is 9.18 Å². The molecule has 0 saturated heterocycles. The lowest BCUT2D eigenvalue weighted by Crippen LogP contribution is -2.56. The Morgan fingerprint density at radius 2 is 2.05 bits per heavy atom. The molecule has 0 radical (unpaired) electrons. The van der Waals surface area contributed by atoms with Gasteiger partial charge in [-0.25, -0.2) is 4.39 Å². The van der Waals surface area contributed by atoms with Crippen LogP contribution < -0.4 is 11.1 Å². The Morgan fingerprint density at radius 1 is 1.47 bits per heavy atom. The molecule has 1 aromatic rings. The molecule has 3 nitrogen and oxygen atoms in total. The summed E-state index contributed by atoms with van der Waals surface area (Å²) in [6, 6.07) is 3.89. The molecule has 0 aliphatic carbocycles. The van der Waals surface area contributed by atoms with Crippen molar-refractivity contribution in [2.75, 3.05) is 0 Å². The zero-order chi connectivity index (χ0) is 14.6. The fourth-order valence-corrected chi connectivity index (χ4v) is 2.29. The second-order valence-corrected chi connectivity index (χ2v) is 5.11. The van der Waals surface area contributed by atoms with E-state index in [0.717, 1.165) is 6.07 Å². The van der Waals surface area contributed by atoms with Crippen LogP contribution in [0.1, 0.15) is 37.0 Å². The zero-order valence-corrected chi connectivity index (χ0v) is 12.4. The number of carbonyl (C=O) groups excluding carboxylic acids is 1. The number of hydrogen-bond acceptors (Lipinski definition) is 2. The summed E-state index contributed by atoms with van der Waals surface area (Å²) in [6.45, 7) is 3.72. The third-order valence-corrected chi connectivity index (χ3v) is 3.83. The van der Waals surface area contributed by atoms with E-state index in [2.05, 4.69) is 5.32 Å². The first-order chi connectivity index (χ1) is 8.86. The number of carbonyl (C=O) groups is 1. The number of nitrogens with one attached hydrogen (secondary N) is 1. The molecular formula is C13H16ClFN2OS. The molecule has 6 heteroatoms. The van der Waals surface area contributed by atoms with E-state index >= 15 is 0 Å². The second-order valence-electron chi connectivity index (χ2n) is 4.23. The molecule has 1 aromatic carbocycles. The number of hydrogen-bond donors (Lipinski definition) is 2. The highest BCUT2D eigenvalue weighted by Gasteiger charge is 2.32. The van der Waals surface area contributed by atoms with Crippen molar-refractivity contribution in [2.24, 2.45) is 5.73 Å². The Balaban J connectivity index is 3.04.